The van der Waals surface area contributed by atoms with Crippen LogP contribution < -0.4 is 21.0 Å². The van der Waals surface area contributed by atoms with Gasteiger partial charge in [0, 0.05) is 38.9 Å². The second-order valence-corrected chi connectivity index (χ2v) is 11.2. The van der Waals surface area contributed by atoms with Crippen molar-refractivity contribution in [2.24, 2.45) is 0 Å². The van der Waals surface area contributed by atoms with Crippen molar-refractivity contribution < 1.29 is 32.7 Å². The second kappa shape index (κ2) is 13.4. The van der Waals surface area contributed by atoms with Crippen molar-refractivity contribution in [1.29, 1.82) is 0 Å². The monoisotopic (exact) mass is 687 g/mol. The lowest BCUT2D eigenvalue weighted by molar-refractivity contribution is -0.137. The van der Waals surface area contributed by atoms with Crippen molar-refractivity contribution in [3.05, 3.63) is 74.3 Å². The molecule has 0 unspecified atom stereocenters. The van der Waals surface area contributed by atoms with Gasteiger partial charge in [0.25, 0.3) is 11.8 Å². The maximum absolute atomic E-state index is 14.0. The van der Waals surface area contributed by atoms with Crippen LogP contribution in [0.4, 0.5) is 24.5 Å². The third-order valence-electron chi connectivity index (χ3n) is 7.80. The number of rotatable bonds is 7. The number of aromatic hydroxyl groups is 1. The van der Waals surface area contributed by atoms with Crippen LogP contribution in [0, 0.1) is 6.92 Å². The van der Waals surface area contributed by atoms with Crippen LogP contribution in [-0.2, 0) is 23.9 Å². The van der Waals surface area contributed by atoms with Crippen molar-refractivity contribution in [2.45, 2.75) is 33.0 Å². The highest BCUT2D eigenvalue weighted by atomic mass is 35.5. The molecule has 0 saturated carbocycles. The fourth-order valence-electron chi connectivity index (χ4n) is 5.36. The molecule has 0 spiro atoms. The minimum absolute atomic E-state index is 0.00494. The number of pyridine rings is 1. The number of halogens is 4. The highest BCUT2D eigenvalue weighted by Gasteiger charge is 2.32. The number of aryl methyl sites for hydroxylation is 1. The Hall–Kier alpha value is -5.32. The normalized spacial score (nSPS) is 13.5. The lowest BCUT2D eigenvalue weighted by atomic mass is 10.1. The maximum atomic E-state index is 14.0. The highest BCUT2D eigenvalue weighted by Crippen LogP contribution is 2.34. The van der Waals surface area contributed by atoms with Gasteiger partial charge in [-0.25, -0.2) is 19.9 Å². The number of anilines is 2. The Morgan fingerprint density at radius 3 is 2.42 bits per heavy atom. The van der Waals surface area contributed by atoms with E-state index in [9.17, 15) is 37.5 Å². The van der Waals surface area contributed by atoms with Crippen LogP contribution in [0.5, 0.6) is 5.75 Å². The number of amides is 3. The summed E-state index contributed by atoms with van der Waals surface area (Å²) in [7, 11) is 1.39. The number of benzene rings is 1. The van der Waals surface area contributed by atoms with E-state index in [-0.39, 0.29) is 83.0 Å². The first-order chi connectivity index (χ1) is 22.7. The molecule has 0 aliphatic carbocycles. The fraction of sp³-hybridized carbons (Fsp3) is 0.333. The van der Waals surface area contributed by atoms with E-state index >= 15 is 0 Å². The minimum atomic E-state index is -4.63. The van der Waals surface area contributed by atoms with Crippen LogP contribution in [0.25, 0.3) is 11.2 Å². The molecule has 3 amide bonds. The van der Waals surface area contributed by atoms with Gasteiger partial charge >= 0.3 is 6.18 Å². The number of fused-ring (bicyclic) bond motifs is 1. The number of nitrogens with one attached hydrogen (secondary N) is 2. The highest BCUT2D eigenvalue weighted by molar-refractivity contribution is 6.33. The van der Waals surface area contributed by atoms with E-state index in [2.05, 4.69) is 30.6 Å². The molecule has 3 N–H and O–H groups in total. The van der Waals surface area contributed by atoms with Gasteiger partial charge in [0.05, 0.1) is 28.2 Å². The summed E-state index contributed by atoms with van der Waals surface area (Å²) in [6, 6.07) is 2.53. The molecule has 1 aliphatic heterocycles. The molecular weight excluding hydrogens is 659 g/mol. The average molecular weight is 688 g/mol. The van der Waals surface area contributed by atoms with Crippen molar-refractivity contribution in [2.75, 3.05) is 43.4 Å². The van der Waals surface area contributed by atoms with E-state index in [4.69, 9.17) is 11.6 Å². The molecular formula is C30H29ClF3N9O5. The van der Waals surface area contributed by atoms with Crippen LogP contribution in [-0.4, -0.2) is 85.5 Å². The zero-order chi connectivity index (χ0) is 34.9. The molecule has 4 heterocycles. The molecule has 1 saturated heterocycles. The molecule has 14 nitrogen and oxygen atoms in total. The number of aromatic nitrogens is 5. The predicted molar refractivity (Wildman–Crippen MR) is 168 cm³/mol. The van der Waals surface area contributed by atoms with E-state index in [1.165, 1.54) is 22.8 Å². The first-order valence-electron chi connectivity index (χ1n) is 14.6. The topological polar surface area (TPSA) is 176 Å². The van der Waals surface area contributed by atoms with Crippen molar-refractivity contribution in [3.8, 4) is 5.75 Å². The van der Waals surface area contributed by atoms with Crippen LogP contribution >= 0.6 is 11.6 Å². The number of carbonyl (C=O) groups is 3. The SMILES string of the molecule is CCc1c(N2CCN(C(=O)c3ncnc(C)c3O)CC2)c(=O)c2nc(C(=O)NC)cnc2n1CC(=O)Nc1ccc(C(F)(F)F)cc1Cl. The molecule has 48 heavy (non-hydrogen) atoms. The van der Waals surface area contributed by atoms with E-state index in [1.54, 1.807) is 18.7 Å². The quantitative estimate of drug-likeness (QED) is 0.262. The lowest BCUT2D eigenvalue weighted by Crippen LogP contribution is -2.50. The number of hydrogen-bond donors (Lipinski definition) is 3. The zero-order valence-corrected chi connectivity index (χ0v) is 26.6. The van der Waals surface area contributed by atoms with Crippen LogP contribution in [0.2, 0.25) is 5.02 Å². The molecule has 1 fully saturated rings. The van der Waals surface area contributed by atoms with Crippen LogP contribution in [0.1, 0.15) is 44.9 Å². The molecule has 0 radical (unpaired) electrons. The molecule has 0 atom stereocenters. The van der Waals surface area contributed by atoms with Crippen LogP contribution in [0.15, 0.2) is 35.5 Å². The number of nitrogens with zero attached hydrogens (tertiary/aromatic N) is 7. The Bertz CT molecular complexity index is 2000. The number of piperazine rings is 1. The molecule has 5 rings (SSSR count). The summed E-state index contributed by atoms with van der Waals surface area (Å²) in [4.78, 5) is 72.5. The standard InChI is InChI=1S/C30H29ClF3N9O5/c1-4-20-24(41-7-9-42(10-8-41)29(48)23-25(45)15(2)37-14-38-23)26(46)22-27(36-12-19(40-22)28(47)35-3)43(20)13-21(44)39-18-6-5-16(11-17(18)31)30(32,33)34/h5-6,11-12,14,45H,4,7-10,13H2,1-3H3,(H,35,47)(H,39,44). The molecule has 1 aliphatic rings. The minimum Gasteiger partial charge on any atom is -0.504 e. The number of hydrogen-bond acceptors (Lipinski definition) is 10. The molecule has 18 heteroatoms. The van der Waals surface area contributed by atoms with Gasteiger partial charge in [-0.3, -0.25) is 19.2 Å². The Morgan fingerprint density at radius 1 is 1.08 bits per heavy atom. The van der Waals surface area contributed by atoms with Gasteiger partial charge in [0.2, 0.25) is 11.3 Å². The van der Waals surface area contributed by atoms with Gasteiger partial charge in [0.15, 0.2) is 22.6 Å². The molecule has 252 valence electrons. The summed E-state index contributed by atoms with van der Waals surface area (Å²) in [6.07, 6.45) is -2.05. The van der Waals surface area contributed by atoms with E-state index in [0.29, 0.717) is 11.8 Å². The average Bonchev–Trinajstić information content (AvgIpc) is 3.06. The largest absolute Gasteiger partial charge is 0.504 e. The molecule has 3 aromatic heterocycles. The van der Waals surface area contributed by atoms with Gasteiger partial charge in [0.1, 0.15) is 24.3 Å². The number of alkyl halides is 3. The second-order valence-electron chi connectivity index (χ2n) is 10.7. The Balaban J connectivity index is 1.51. The lowest BCUT2D eigenvalue weighted by Gasteiger charge is -2.37. The van der Waals surface area contributed by atoms with Crippen molar-refractivity contribution in [1.82, 2.24) is 34.7 Å². The van der Waals surface area contributed by atoms with Crippen molar-refractivity contribution in [3.63, 3.8) is 0 Å². The summed E-state index contributed by atoms with van der Waals surface area (Å²) in [5.41, 5.74) is -1.23. The van der Waals surface area contributed by atoms with Crippen LogP contribution in [0.3, 0.4) is 0 Å². The summed E-state index contributed by atoms with van der Waals surface area (Å²) < 4.78 is 40.8. The predicted octanol–water partition coefficient (Wildman–Crippen LogP) is 2.79. The maximum Gasteiger partial charge on any atom is 0.416 e. The first kappa shape index (κ1) is 34.0. The van der Waals surface area contributed by atoms with Gasteiger partial charge in [-0.05, 0) is 31.5 Å². The van der Waals surface area contributed by atoms with Gasteiger partial charge < -0.3 is 30.1 Å². The fourth-order valence-corrected chi connectivity index (χ4v) is 5.58. The third kappa shape index (κ3) is 6.58. The van der Waals surface area contributed by atoms with Gasteiger partial charge in [-0.1, -0.05) is 18.5 Å². The summed E-state index contributed by atoms with van der Waals surface area (Å²) >= 11 is 6.06. The molecule has 4 aromatic rings. The van der Waals surface area contributed by atoms with E-state index in [0.717, 1.165) is 18.3 Å². The van der Waals surface area contributed by atoms with E-state index in [1.807, 2.05) is 0 Å². The smallest absolute Gasteiger partial charge is 0.416 e. The van der Waals surface area contributed by atoms with Gasteiger partial charge in [-0.2, -0.15) is 13.2 Å². The molecule has 1 aromatic carbocycles. The Morgan fingerprint density at radius 2 is 1.79 bits per heavy atom. The summed E-state index contributed by atoms with van der Waals surface area (Å²) in [5, 5.41) is 14.9. The zero-order valence-electron chi connectivity index (χ0n) is 25.9. The van der Waals surface area contributed by atoms with Gasteiger partial charge in [-0.15, -0.1) is 0 Å². The Labute approximate surface area is 275 Å². The summed E-state index contributed by atoms with van der Waals surface area (Å²) in [5.74, 6) is -2.11. The molecule has 0 bridgehead atoms. The van der Waals surface area contributed by atoms with Crippen molar-refractivity contribution >= 4 is 51.9 Å². The first-order valence-corrected chi connectivity index (χ1v) is 15.0. The summed E-state index contributed by atoms with van der Waals surface area (Å²) in [6.45, 7) is 3.53. The Kier molecular flexibility index (Phi) is 9.52. The third-order valence-corrected chi connectivity index (χ3v) is 8.11. The van der Waals surface area contributed by atoms with E-state index < -0.39 is 41.4 Å². The number of carbonyl (C=O) groups excluding carboxylic acids is 3.